The minimum atomic E-state index is -0.295. The molecule has 1 atom stereocenters. The number of carbonyl (C=O) groups excluding carboxylic acids is 1. The van der Waals surface area contributed by atoms with Crippen LogP contribution < -0.4 is 5.32 Å². The molecule has 0 aliphatic carbocycles. The molecule has 7 nitrogen and oxygen atoms in total. The molecule has 8 heteroatoms. The van der Waals surface area contributed by atoms with Crippen LogP contribution in [0.15, 0.2) is 34.3 Å². The second-order valence-corrected chi connectivity index (χ2v) is 6.11. The number of furan rings is 1. The van der Waals surface area contributed by atoms with Crippen LogP contribution in [-0.4, -0.2) is 40.1 Å². The van der Waals surface area contributed by atoms with Crippen LogP contribution >= 0.6 is 11.8 Å². The lowest BCUT2D eigenvalue weighted by atomic mass is 10.2. The number of nitrogens with zero attached hydrogens (tertiary/aromatic N) is 2. The van der Waals surface area contributed by atoms with Gasteiger partial charge in [0.2, 0.25) is 5.91 Å². The van der Waals surface area contributed by atoms with Gasteiger partial charge in [0.25, 0.3) is 0 Å². The zero-order chi connectivity index (χ0) is 15.8. The lowest BCUT2D eigenvalue weighted by molar-refractivity contribution is -0.120. The Morgan fingerprint density at radius 3 is 3.00 bits per heavy atom. The van der Waals surface area contributed by atoms with Gasteiger partial charge in [0, 0.05) is 6.61 Å². The molecule has 0 saturated carbocycles. The molecule has 0 aromatic carbocycles. The van der Waals surface area contributed by atoms with Crippen molar-refractivity contribution >= 4 is 17.7 Å². The fraction of sp³-hybridized carbons (Fsp3) is 0.500. The van der Waals surface area contributed by atoms with Crippen LogP contribution in [0.1, 0.15) is 25.6 Å². The van der Waals surface area contributed by atoms with E-state index in [2.05, 4.69) is 34.3 Å². The zero-order valence-corrected chi connectivity index (χ0v) is 13.4. The molecule has 22 heavy (non-hydrogen) atoms. The van der Waals surface area contributed by atoms with Gasteiger partial charge in [-0.3, -0.25) is 9.89 Å². The number of nitrogens with one attached hydrogen (secondary N) is 2. The SMILES string of the molecule is CC(C)COC[C@H](NC(=O)CSc1ncn[nH]1)c1ccco1. The van der Waals surface area contributed by atoms with E-state index in [1.165, 1.54) is 18.1 Å². The van der Waals surface area contributed by atoms with E-state index in [-0.39, 0.29) is 17.7 Å². The molecule has 0 bridgehead atoms. The third kappa shape index (κ3) is 5.53. The van der Waals surface area contributed by atoms with Gasteiger partial charge in [-0.15, -0.1) is 0 Å². The molecular formula is C14H20N4O3S. The Bertz CT molecular complexity index is 542. The summed E-state index contributed by atoms with van der Waals surface area (Å²) in [6.45, 7) is 5.17. The predicted octanol–water partition coefficient (Wildman–Crippen LogP) is 2.02. The van der Waals surface area contributed by atoms with Crippen molar-refractivity contribution in [2.75, 3.05) is 19.0 Å². The quantitative estimate of drug-likeness (QED) is 0.686. The first-order valence-corrected chi connectivity index (χ1v) is 8.02. The van der Waals surface area contributed by atoms with Crippen LogP contribution in [0.4, 0.5) is 0 Å². The van der Waals surface area contributed by atoms with Crippen LogP contribution in [0.5, 0.6) is 0 Å². The van der Waals surface area contributed by atoms with Gasteiger partial charge in [-0.05, 0) is 18.1 Å². The van der Waals surface area contributed by atoms with Crippen molar-refractivity contribution < 1.29 is 13.9 Å². The summed E-state index contributed by atoms with van der Waals surface area (Å²) in [6, 6.07) is 3.32. The second-order valence-electron chi connectivity index (χ2n) is 5.15. The monoisotopic (exact) mass is 324 g/mol. The molecule has 0 fully saturated rings. The summed E-state index contributed by atoms with van der Waals surface area (Å²) < 4.78 is 11.0. The molecule has 2 aromatic heterocycles. The number of hydrogen-bond donors (Lipinski definition) is 2. The fourth-order valence-electron chi connectivity index (χ4n) is 1.74. The third-order valence-electron chi connectivity index (χ3n) is 2.69. The lowest BCUT2D eigenvalue weighted by Gasteiger charge is -2.17. The van der Waals surface area contributed by atoms with Gasteiger partial charge >= 0.3 is 0 Å². The van der Waals surface area contributed by atoms with Crippen LogP contribution in [0.3, 0.4) is 0 Å². The van der Waals surface area contributed by atoms with Crippen molar-refractivity contribution in [1.82, 2.24) is 20.5 Å². The average molecular weight is 324 g/mol. The minimum Gasteiger partial charge on any atom is -0.467 e. The molecule has 2 rings (SSSR count). The highest BCUT2D eigenvalue weighted by Crippen LogP contribution is 2.16. The standard InChI is InChI=1S/C14H20N4O3S/c1-10(2)6-20-7-11(12-4-3-5-21-12)17-13(19)8-22-14-15-9-16-18-14/h3-5,9-11H,6-8H2,1-2H3,(H,17,19)(H,15,16,18)/t11-/m0/s1. The van der Waals surface area contributed by atoms with Crippen molar-refractivity contribution in [3.8, 4) is 0 Å². The number of aromatic amines is 1. The Hall–Kier alpha value is -1.80. The molecule has 0 radical (unpaired) electrons. The van der Waals surface area contributed by atoms with Crippen LogP contribution in [0, 0.1) is 5.92 Å². The summed E-state index contributed by atoms with van der Waals surface area (Å²) in [4.78, 5) is 16.0. The number of rotatable bonds is 9. The molecule has 0 aliphatic heterocycles. The summed E-state index contributed by atoms with van der Waals surface area (Å²) >= 11 is 1.29. The Balaban J connectivity index is 1.84. The molecule has 2 N–H and O–H groups in total. The Kier molecular flexibility index (Phi) is 6.47. The van der Waals surface area contributed by atoms with E-state index in [0.29, 0.717) is 30.0 Å². The van der Waals surface area contributed by atoms with Crippen LogP contribution in [0.25, 0.3) is 0 Å². The van der Waals surface area contributed by atoms with E-state index in [1.54, 1.807) is 12.3 Å². The summed E-state index contributed by atoms with van der Waals surface area (Å²) in [5.41, 5.74) is 0. The van der Waals surface area contributed by atoms with Crippen LogP contribution in [0.2, 0.25) is 0 Å². The average Bonchev–Trinajstić information content (AvgIpc) is 3.17. The van der Waals surface area contributed by atoms with E-state index < -0.39 is 0 Å². The molecule has 2 aromatic rings. The molecule has 0 saturated heterocycles. The first-order valence-electron chi connectivity index (χ1n) is 7.04. The molecule has 2 heterocycles. The van der Waals surface area contributed by atoms with Crippen molar-refractivity contribution in [2.45, 2.75) is 25.0 Å². The highest BCUT2D eigenvalue weighted by atomic mass is 32.2. The topological polar surface area (TPSA) is 93.0 Å². The van der Waals surface area contributed by atoms with Gasteiger partial charge in [-0.2, -0.15) is 5.10 Å². The van der Waals surface area contributed by atoms with Crippen LogP contribution in [-0.2, 0) is 9.53 Å². The largest absolute Gasteiger partial charge is 0.467 e. The highest BCUT2D eigenvalue weighted by molar-refractivity contribution is 7.99. The summed E-state index contributed by atoms with van der Waals surface area (Å²) in [5.74, 6) is 1.25. The van der Waals surface area contributed by atoms with E-state index in [1.807, 2.05) is 6.07 Å². The predicted molar refractivity (Wildman–Crippen MR) is 82.4 cm³/mol. The van der Waals surface area contributed by atoms with Gasteiger partial charge in [-0.25, -0.2) is 4.98 Å². The van der Waals surface area contributed by atoms with E-state index in [4.69, 9.17) is 9.15 Å². The molecule has 0 aliphatic rings. The Labute approximate surface area is 133 Å². The van der Waals surface area contributed by atoms with Gasteiger partial charge in [0.15, 0.2) is 5.16 Å². The minimum absolute atomic E-state index is 0.115. The summed E-state index contributed by atoms with van der Waals surface area (Å²) in [5, 5.41) is 9.96. The van der Waals surface area contributed by atoms with Gasteiger partial charge < -0.3 is 14.5 Å². The van der Waals surface area contributed by atoms with Gasteiger partial charge in [-0.1, -0.05) is 25.6 Å². The maximum Gasteiger partial charge on any atom is 0.231 e. The van der Waals surface area contributed by atoms with Crippen molar-refractivity contribution in [1.29, 1.82) is 0 Å². The number of thioether (sulfide) groups is 1. The molecular weight excluding hydrogens is 304 g/mol. The third-order valence-corrected chi connectivity index (χ3v) is 3.57. The van der Waals surface area contributed by atoms with E-state index in [9.17, 15) is 4.79 Å². The van der Waals surface area contributed by atoms with Gasteiger partial charge in [0.1, 0.15) is 18.1 Å². The summed E-state index contributed by atoms with van der Waals surface area (Å²) in [6.07, 6.45) is 2.99. The Morgan fingerprint density at radius 1 is 1.50 bits per heavy atom. The lowest BCUT2D eigenvalue weighted by Crippen LogP contribution is -2.33. The zero-order valence-electron chi connectivity index (χ0n) is 12.6. The van der Waals surface area contributed by atoms with Gasteiger partial charge in [0.05, 0.1) is 18.6 Å². The number of aromatic nitrogens is 3. The van der Waals surface area contributed by atoms with E-state index >= 15 is 0 Å². The number of ether oxygens (including phenoxy) is 1. The van der Waals surface area contributed by atoms with Crippen molar-refractivity contribution in [2.24, 2.45) is 5.92 Å². The number of amides is 1. The van der Waals surface area contributed by atoms with Crippen molar-refractivity contribution in [3.05, 3.63) is 30.5 Å². The maximum atomic E-state index is 12.0. The Morgan fingerprint density at radius 2 is 2.36 bits per heavy atom. The van der Waals surface area contributed by atoms with Crippen molar-refractivity contribution in [3.63, 3.8) is 0 Å². The fourth-order valence-corrected chi connectivity index (χ4v) is 2.33. The molecule has 0 unspecified atom stereocenters. The summed E-state index contributed by atoms with van der Waals surface area (Å²) in [7, 11) is 0. The number of carbonyl (C=O) groups is 1. The molecule has 120 valence electrons. The first-order chi connectivity index (χ1) is 10.6. The highest BCUT2D eigenvalue weighted by Gasteiger charge is 2.18. The normalized spacial score (nSPS) is 12.5. The first kappa shape index (κ1) is 16.6. The molecule has 0 spiro atoms. The smallest absolute Gasteiger partial charge is 0.231 e. The second kappa shape index (κ2) is 8.60. The van der Waals surface area contributed by atoms with E-state index in [0.717, 1.165) is 0 Å². The number of hydrogen-bond acceptors (Lipinski definition) is 6. The maximum absolute atomic E-state index is 12.0. The molecule has 1 amide bonds. The number of H-pyrrole nitrogens is 1.